The molecule has 0 radical (unpaired) electrons. The zero-order valence-corrected chi connectivity index (χ0v) is 8.11. The van der Waals surface area contributed by atoms with Gasteiger partial charge in [0.1, 0.15) is 0 Å². The maximum Gasteiger partial charge on any atom is 0.156 e. The highest BCUT2D eigenvalue weighted by atomic mass is 16.1. The second-order valence-corrected chi connectivity index (χ2v) is 4.38. The molecule has 0 saturated carbocycles. The molecule has 1 aliphatic heterocycles. The SMILES string of the molecule is CC(C)(C)C(=O)C1CCCNN1. The maximum atomic E-state index is 11.7. The van der Waals surface area contributed by atoms with Crippen LogP contribution in [-0.4, -0.2) is 18.4 Å². The molecule has 0 aromatic carbocycles. The third kappa shape index (κ3) is 2.29. The molecule has 70 valence electrons. The predicted molar refractivity (Wildman–Crippen MR) is 48.6 cm³/mol. The number of hydrogen-bond acceptors (Lipinski definition) is 3. The number of hydrogen-bond donors (Lipinski definition) is 2. The topological polar surface area (TPSA) is 41.1 Å². The van der Waals surface area contributed by atoms with Gasteiger partial charge in [-0.3, -0.25) is 10.2 Å². The van der Waals surface area contributed by atoms with Crippen molar-refractivity contribution in [1.29, 1.82) is 0 Å². The van der Waals surface area contributed by atoms with E-state index in [1.165, 1.54) is 0 Å². The van der Waals surface area contributed by atoms with Gasteiger partial charge in [-0.1, -0.05) is 20.8 Å². The molecule has 1 rings (SSSR count). The molecule has 1 saturated heterocycles. The molecule has 2 N–H and O–H groups in total. The first-order valence-corrected chi connectivity index (χ1v) is 4.54. The molecular formula is C9H18N2O. The van der Waals surface area contributed by atoms with E-state index in [1.54, 1.807) is 0 Å². The zero-order valence-electron chi connectivity index (χ0n) is 8.11. The number of carbonyl (C=O) groups is 1. The Balaban J connectivity index is 2.51. The fourth-order valence-electron chi connectivity index (χ4n) is 1.38. The van der Waals surface area contributed by atoms with E-state index in [0.29, 0.717) is 5.78 Å². The molecule has 1 heterocycles. The Morgan fingerprint density at radius 2 is 2.08 bits per heavy atom. The van der Waals surface area contributed by atoms with Crippen molar-refractivity contribution in [2.24, 2.45) is 5.41 Å². The number of carbonyl (C=O) groups excluding carboxylic acids is 1. The summed E-state index contributed by atoms with van der Waals surface area (Å²) in [4.78, 5) is 11.7. The van der Waals surface area contributed by atoms with Gasteiger partial charge in [0, 0.05) is 12.0 Å². The Kier molecular flexibility index (Phi) is 2.85. The van der Waals surface area contributed by atoms with E-state index in [4.69, 9.17) is 0 Å². The van der Waals surface area contributed by atoms with Crippen LogP contribution >= 0.6 is 0 Å². The molecule has 1 unspecified atom stereocenters. The van der Waals surface area contributed by atoms with Crippen LogP contribution in [0.1, 0.15) is 33.6 Å². The second kappa shape index (κ2) is 3.54. The average Bonchev–Trinajstić information content (AvgIpc) is 2.03. The van der Waals surface area contributed by atoms with E-state index in [2.05, 4.69) is 10.9 Å². The molecule has 1 aliphatic rings. The van der Waals surface area contributed by atoms with Crippen LogP contribution in [-0.2, 0) is 4.79 Å². The summed E-state index contributed by atoms with van der Waals surface area (Å²) in [5.41, 5.74) is 5.82. The molecule has 0 spiro atoms. The molecule has 1 fully saturated rings. The highest BCUT2D eigenvalue weighted by molar-refractivity contribution is 5.88. The second-order valence-electron chi connectivity index (χ2n) is 4.38. The summed E-state index contributed by atoms with van der Waals surface area (Å²) in [6, 6.07) is 0.0127. The van der Waals surface area contributed by atoms with Crippen LogP contribution in [0.25, 0.3) is 0 Å². The van der Waals surface area contributed by atoms with Gasteiger partial charge in [-0.2, -0.15) is 0 Å². The third-order valence-electron chi connectivity index (χ3n) is 2.13. The van der Waals surface area contributed by atoms with Gasteiger partial charge in [0.15, 0.2) is 5.78 Å². The lowest BCUT2D eigenvalue weighted by Crippen LogP contribution is -2.52. The van der Waals surface area contributed by atoms with Gasteiger partial charge < -0.3 is 0 Å². The minimum absolute atomic E-state index is 0.0127. The molecule has 0 aliphatic carbocycles. The van der Waals surface area contributed by atoms with Gasteiger partial charge in [-0.15, -0.1) is 0 Å². The highest BCUT2D eigenvalue weighted by Crippen LogP contribution is 2.19. The lowest BCUT2D eigenvalue weighted by atomic mass is 9.85. The minimum Gasteiger partial charge on any atom is -0.297 e. The Hall–Kier alpha value is -0.410. The van der Waals surface area contributed by atoms with Crippen LogP contribution in [0, 0.1) is 5.41 Å². The van der Waals surface area contributed by atoms with E-state index in [9.17, 15) is 4.79 Å². The molecular weight excluding hydrogens is 152 g/mol. The average molecular weight is 170 g/mol. The summed E-state index contributed by atoms with van der Waals surface area (Å²) >= 11 is 0. The number of nitrogens with one attached hydrogen (secondary N) is 2. The van der Waals surface area contributed by atoms with Gasteiger partial charge in [0.2, 0.25) is 0 Å². The van der Waals surface area contributed by atoms with Crippen LogP contribution in [0.3, 0.4) is 0 Å². The van der Waals surface area contributed by atoms with Crippen molar-refractivity contribution in [1.82, 2.24) is 10.9 Å². The highest BCUT2D eigenvalue weighted by Gasteiger charge is 2.30. The van der Waals surface area contributed by atoms with E-state index in [0.717, 1.165) is 19.4 Å². The zero-order chi connectivity index (χ0) is 9.19. The third-order valence-corrected chi connectivity index (χ3v) is 2.13. The normalized spacial score (nSPS) is 25.4. The summed E-state index contributed by atoms with van der Waals surface area (Å²) < 4.78 is 0. The van der Waals surface area contributed by atoms with Crippen LogP contribution in [0.15, 0.2) is 0 Å². The smallest absolute Gasteiger partial charge is 0.156 e. The van der Waals surface area contributed by atoms with Gasteiger partial charge in [0.05, 0.1) is 6.04 Å². The quantitative estimate of drug-likeness (QED) is 0.613. The van der Waals surface area contributed by atoms with Crippen LogP contribution < -0.4 is 10.9 Å². The number of rotatable bonds is 1. The standard InChI is InChI=1S/C9H18N2O/c1-9(2,3)8(12)7-5-4-6-10-11-7/h7,10-11H,4-6H2,1-3H3. The van der Waals surface area contributed by atoms with Crippen molar-refractivity contribution in [3.63, 3.8) is 0 Å². The van der Waals surface area contributed by atoms with E-state index < -0.39 is 0 Å². The lowest BCUT2D eigenvalue weighted by Gasteiger charge is -2.28. The molecule has 3 nitrogen and oxygen atoms in total. The summed E-state index contributed by atoms with van der Waals surface area (Å²) in [7, 11) is 0. The molecule has 12 heavy (non-hydrogen) atoms. The fraction of sp³-hybridized carbons (Fsp3) is 0.889. The molecule has 0 bridgehead atoms. The van der Waals surface area contributed by atoms with Gasteiger partial charge in [0.25, 0.3) is 0 Å². The van der Waals surface area contributed by atoms with Crippen molar-refractivity contribution in [3.05, 3.63) is 0 Å². The summed E-state index contributed by atoms with van der Waals surface area (Å²) in [6.07, 6.45) is 2.04. The van der Waals surface area contributed by atoms with Crippen molar-refractivity contribution < 1.29 is 4.79 Å². The van der Waals surface area contributed by atoms with Crippen molar-refractivity contribution in [2.45, 2.75) is 39.7 Å². The van der Waals surface area contributed by atoms with Crippen molar-refractivity contribution in [3.8, 4) is 0 Å². The first-order valence-electron chi connectivity index (χ1n) is 4.54. The minimum atomic E-state index is -0.226. The molecule has 0 aromatic heterocycles. The summed E-state index contributed by atoms with van der Waals surface area (Å²) in [5, 5.41) is 0. The largest absolute Gasteiger partial charge is 0.297 e. The molecule has 0 amide bonds. The first kappa shape index (κ1) is 9.68. The monoisotopic (exact) mass is 170 g/mol. The predicted octanol–water partition coefficient (Wildman–Crippen LogP) is 0.858. The number of hydrazine groups is 1. The Bertz CT molecular complexity index is 166. The molecule has 3 heteroatoms. The summed E-state index contributed by atoms with van der Waals surface area (Å²) in [6.45, 7) is 6.86. The van der Waals surface area contributed by atoms with E-state index >= 15 is 0 Å². The lowest BCUT2D eigenvalue weighted by molar-refractivity contribution is -0.129. The van der Waals surface area contributed by atoms with E-state index in [1.807, 2.05) is 20.8 Å². The number of Topliss-reactive ketones (excluding diaryl/α,β-unsaturated/α-hetero) is 1. The van der Waals surface area contributed by atoms with Crippen molar-refractivity contribution in [2.75, 3.05) is 6.54 Å². The van der Waals surface area contributed by atoms with E-state index in [-0.39, 0.29) is 11.5 Å². The van der Waals surface area contributed by atoms with Gasteiger partial charge >= 0.3 is 0 Å². The number of ketones is 1. The maximum absolute atomic E-state index is 11.7. The Morgan fingerprint density at radius 1 is 1.42 bits per heavy atom. The van der Waals surface area contributed by atoms with Crippen LogP contribution in [0.4, 0.5) is 0 Å². The molecule has 0 aromatic rings. The van der Waals surface area contributed by atoms with Crippen LogP contribution in [0.5, 0.6) is 0 Å². The van der Waals surface area contributed by atoms with Crippen molar-refractivity contribution >= 4 is 5.78 Å². The Morgan fingerprint density at radius 3 is 2.50 bits per heavy atom. The van der Waals surface area contributed by atoms with Gasteiger partial charge in [-0.05, 0) is 12.8 Å². The summed E-state index contributed by atoms with van der Waals surface area (Å²) in [5.74, 6) is 0.301. The fourth-order valence-corrected chi connectivity index (χ4v) is 1.38. The molecule has 1 atom stereocenters. The van der Waals surface area contributed by atoms with Gasteiger partial charge in [-0.25, -0.2) is 5.43 Å². The Labute approximate surface area is 73.9 Å². The van der Waals surface area contributed by atoms with Crippen LogP contribution in [0.2, 0.25) is 0 Å². The first-order chi connectivity index (χ1) is 5.52.